The first kappa shape index (κ1) is 16.1. The van der Waals surface area contributed by atoms with Crippen LogP contribution in [0.25, 0.3) is 10.9 Å². The number of amides is 1. The predicted octanol–water partition coefficient (Wildman–Crippen LogP) is 3.58. The fourth-order valence-corrected chi connectivity index (χ4v) is 4.34. The first-order valence-corrected chi connectivity index (χ1v) is 8.29. The van der Waals surface area contributed by atoms with E-state index in [-0.39, 0.29) is 24.4 Å². The molecule has 25 heavy (non-hydrogen) atoms. The molecule has 2 aliphatic heterocycles. The number of pyridine rings is 1. The standard InChI is InChI=1S/C20H17N3O.ClH/c24-19-20(15-8-1-2-9-16(15)23-19)10-12-22-18(20)14-7-3-5-13-6-4-11-21-17(13)14;/h1-9,11,18,22H,10,12H2,(H,23,24);1H. The SMILES string of the molecule is Cl.O=C1Nc2ccccc2C12CCNC2c1cccc2cccnc12. The second kappa shape index (κ2) is 5.83. The number of carbonyl (C=O) groups excluding carboxylic acids is 1. The fraction of sp³-hybridized carbons (Fsp3) is 0.200. The van der Waals surface area contributed by atoms with Gasteiger partial charge < -0.3 is 10.6 Å². The highest BCUT2D eigenvalue weighted by molar-refractivity contribution is 6.07. The molecule has 2 N–H and O–H groups in total. The van der Waals surface area contributed by atoms with E-state index >= 15 is 0 Å². The van der Waals surface area contributed by atoms with E-state index in [1.807, 2.05) is 36.5 Å². The van der Waals surface area contributed by atoms with Gasteiger partial charge in [-0.2, -0.15) is 0 Å². The van der Waals surface area contributed by atoms with Crippen molar-refractivity contribution in [2.24, 2.45) is 0 Å². The number of anilines is 1. The summed E-state index contributed by atoms with van der Waals surface area (Å²) in [5, 5.41) is 7.75. The lowest BCUT2D eigenvalue weighted by molar-refractivity contribution is -0.121. The van der Waals surface area contributed by atoms with Crippen LogP contribution in [-0.2, 0) is 10.2 Å². The molecule has 2 atom stereocenters. The van der Waals surface area contributed by atoms with Crippen molar-refractivity contribution in [2.45, 2.75) is 17.9 Å². The lowest BCUT2D eigenvalue weighted by atomic mass is 9.72. The van der Waals surface area contributed by atoms with Crippen molar-refractivity contribution in [3.8, 4) is 0 Å². The molecule has 0 radical (unpaired) electrons. The number of para-hydroxylation sites is 2. The third kappa shape index (κ3) is 2.11. The van der Waals surface area contributed by atoms with E-state index in [0.717, 1.165) is 40.7 Å². The normalized spacial score (nSPS) is 24.2. The molecule has 1 aromatic heterocycles. The Morgan fingerprint density at radius 1 is 1.04 bits per heavy atom. The van der Waals surface area contributed by atoms with Crippen molar-refractivity contribution in [2.75, 3.05) is 11.9 Å². The number of hydrogen-bond acceptors (Lipinski definition) is 3. The fourth-order valence-electron chi connectivity index (χ4n) is 4.34. The van der Waals surface area contributed by atoms with Crippen molar-refractivity contribution in [3.05, 3.63) is 71.9 Å². The van der Waals surface area contributed by atoms with Crippen molar-refractivity contribution < 1.29 is 4.79 Å². The maximum atomic E-state index is 13.0. The van der Waals surface area contributed by atoms with E-state index in [4.69, 9.17) is 0 Å². The molecule has 1 amide bonds. The van der Waals surface area contributed by atoms with E-state index in [9.17, 15) is 4.79 Å². The first-order chi connectivity index (χ1) is 11.8. The summed E-state index contributed by atoms with van der Waals surface area (Å²) in [6.07, 6.45) is 2.61. The van der Waals surface area contributed by atoms with Gasteiger partial charge in [0.05, 0.1) is 17.0 Å². The van der Waals surface area contributed by atoms with Gasteiger partial charge >= 0.3 is 0 Å². The summed E-state index contributed by atoms with van der Waals surface area (Å²) >= 11 is 0. The van der Waals surface area contributed by atoms with Gasteiger partial charge in [-0.25, -0.2) is 0 Å². The lowest BCUT2D eigenvalue weighted by Crippen LogP contribution is -2.39. The molecular formula is C20H18ClN3O. The van der Waals surface area contributed by atoms with Gasteiger partial charge in [0, 0.05) is 17.3 Å². The zero-order valence-corrected chi connectivity index (χ0v) is 14.3. The molecule has 0 bridgehead atoms. The van der Waals surface area contributed by atoms with E-state index < -0.39 is 5.41 Å². The molecule has 3 heterocycles. The molecule has 1 saturated heterocycles. The minimum Gasteiger partial charge on any atom is -0.325 e. The Bertz CT molecular complexity index is 969. The Hall–Kier alpha value is -2.43. The van der Waals surface area contributed by atoms with Crippen molar-refractivity contribution in [1.82, 2.24) is 10.3 Å². The van der Waals surface area contributed by atoms with Crippen molar-refractivity contribution in [3.63, 3.8) is 0 Å². The van der Waals surface area contributed by atoms with Crippen LogP contribution in [0.1, 0.15) is 23.6 Å². The average molecular weight is 352 g/mol. The Kier molecular flexibility index (Phi) is 3.74. The predicted molar refractivity (Wildman–Crippen MR) is 101 cm³/mol. The van der Waals surface area contributed by atoms with E-state index in [0.29, 0.717) is 0 Å². The van der Waals surface area contributed by atoms with Gasteiger partial charge in [0.15, 0.2) is 0 Å². The maximum Gasteiger partial charge on any atom is 0.237 e. The molecular weight excluding hydrogens is 334 g/mol. The van der Waals surface area contributed by atoms with Crippen molar-refractivity contribution in [1.29, 1.82) is 0 Å². The van der Waals surface area contributed by atoms with Gasteiger partial charge in [0.1, 0.15) is 0 Å². The molecule has 0 aliphatic carbocycles. The van der Waals surface area contributed by atoms with Crippen LogP contribution in [0.4, 0.5) is 5.69 Å². The highest BCUT2D eigenvalue weighted by Crippen LogP contribution is 2.51. The van der Waals surface area contributed by atoms with Crippen molar-refractivity contribution >= 4 is 34.9 Å². The van der Waals surface area contributed by atoms with E-state index in [1.54, 1.807) is 0 Å². The number of aromatic nitrogens is 1. The average Bonchev–Trinajstić information content (AvgIpc) is 3.18. The highest BCUT2D eigenvalue weighted by atomic mass is 35.5. The third-order valence-corrected chi connectivity index (χ3v) is 5.40. The molecule has 2 aromatic carbocycles. The summed E-state index contributed by atoms with van der Waals surface area (Å²) in [6, 6.07) is 18.2. The first-order valence-electron chi connectivity index (χ1n) is 8.29. The van der Waals surface area contributed by atoms with E-state index in [1.165, 1.54) is 0 Å². The van der Waals surface area contributed by atoms with Crippen LogP contribution < -0.4 is 10.6 Å². The number of rotatable bonds is 1. The number of hydrogen-bond donors (Lipinski definition) is 2. The molecule has 3 aromatic rings. The number of nitrogens with one attached hydrogen (secondary N) is 2. The summed E-state index contributed by atoms with van der Waals surface area (Å²) in [6.45, 7) is 0.815. The van der Waals surface area contributed by atoms with Crippen LogP contribution in [-0.4, -0.2) is 17.4 Å². The van der Waals surface area contributed by atoms with Gasteiger partial charge in [0.2, 0.25) is 5.91 Å². The number of fused-ring (bicyclic) bond motifs is 3. The van der Waals surface area contributed by atoms with Gasteiger partial charge in [-0.15, -0.1) is 12.4 Å². The quantitative estimate of drug-likeness (QED) is 0.704. The van der Waals surface area contributed by atoms with Crippen LogP contribution in [0.3, 0.4) is 0 Å². The molecule has 4 nitrogen and oxygen atoms in total. The number of benzene rings is 2. The van der Waals surface area contributed by atoms with Crippen LogP contribution >= 0.6 is 12.4 Å². The minimum absolute atomic E-state index is 0. The molecule has 1 fully saturated rings. The molecule has 2 aliphatic rings. The Balaban J connectivity index is 0.00000157. The van der Waals surface area contributed by atoms with Gasteiger partial charge in [-0.05, 0) is 36.2 Å². The monoisotopic (exact) mass is 351 g/mol. The van der Waals surface area contributed by atoms with E-state index in [2.05, 4.69) is 39.9 Å². The number of nitrogens with zero attached hydrogens (tertiary/aromatic N) is 1. The zero-order valence-electron chi connectivity index (χ0n) is 13.5. The van der Waals surface area contributed by atoms with Gasteiger partial charge in [0.25, 0.3) is 0 Å². The van der Waals surface area contributed by atoms with Gasteiger partial charge in [-0.1, -0.05) is 42.5 Å². The molecule has 126 valence electrons. The lowest BCUT2D eigenvalue weighted by Gasteiger charge is -2.30. The number of halogens is 1. The molecule has 5 heteroatoms. The van der Waals surface area contributed by atoms with Crippen LogP contribution in [0.2, 0.25) is 0 Å². The Labute approximate surface area is 152 Å². The minimum atomic E-state index is -0.553. The summed E-state index contributed by atoms with van der Waals surface area (Å²) in [4.78, 5) is 17.6. The third-order valence-electron chi connectivity index (χ3n) is 5.40. The topological polar surface area (TPSA) is 54.0 Å². The van der Waals surface area contributed by atoms with Crippen LogP contribution in [0.5, 0.6) is 0 Å². The second-order valence-electron chi connectivity index (χ2n) is 6.53. The summed E-state index contributed by atoms with van der Waals surface area (Å²) in [7, 11) is 0. The summed E-state index contributed by atoms with van der Waals surface area (Å²) < 4.78 is 0. The zero-order chi connectivity index (χ0) is 16.1. The smallest absolute Gasteiger partial charge is 0.237 e. The largest absolute Gasteiger partial charge is 0.325 e. The molecule has 1 spiro atoms. The Morgan fingerprint density at radius 3 is 2.80 bits per heavy atom. The van der Waals surface area contributed by atoms with Crippen LogP contribution in [0.15, 0.2) is 60.8 Å². The van der Waals surface area contributed by atoms with Gasteiger partial charge in [-0.3, -0.25) is 9.78 Å². The molecule has 5 rings (SSSR count). The Morgan fingerprint density at radius 2 is 1.88 bits per heavy atom. The highest BCUT2D eigenvalue weighted by Gasteiger charge is 2.55. The van der Waals surface area contributed by atoms with Crippen LogP contribution in [0, 0.1) is 0 Å². The molecule has 2 unspecified atom stereocenters. The number of carbonyl (C=O) groups is 1. The summed E-state index contributed by atoms with van der Waals surface area (Å²) in [5.74, 6) is 0.0895. The summed E-state index contributed by atoms with van der Waals surface area (Å²) in [5.41, 5.74) is 3.54. The maximum absolute atomic E-state index is 13.0. The molecule has 0 saturated carbocycles. The second-order valence-corrected chi connectivity index (χ2v) is 6.53.